The largest absolute Gasteiger partial charge is 0.480 e. The summed E-state index contributed by atoms with van der Waals surface area (Å²) in [4.78, 5) is 24.7. The van der Waals surface area contributed by atoms with Gasteiger partial charge in [0, 0.05) is 10.5 Å². The fourth-order valence-corrected chi connectivity index (χ4v) is 3.46. The third-order valence-corrected chi connectivity index (χ3v) is 4.97. The quantitative estimate of drug-likeness (QED) is 0.672. The first kappa shape index (κ1) is 11.8. The van der Waals surface area contributed by atoms with Crippen LogP contribution < -0.4 is 0 Å². The van der Waals surface area contributed by atoms with Crippen molar-refractivity contribution >= 4 is 23.5 Å². The zero-order valence-electron chi connectivity index (χ0n) is 9.94. The molecule has 0 atom stereocenters. The van der Waals surface area contributed by atoms with Crippen LogP contribution in [0.25, 0.3) is 0 Å². The normalized spacial score (nSPS) is 20.0. The monoisotopic (exact) mass is 262 g/mol. The maximum absolute atomic E-state index is 12.3. The molecule has 0 saturated heterocycles. The zero-order chi connectivity index (χ0) is 12.8. The number of hydrogen-bond acceptors (Lipinski definition) is 3. The third-order valence-electron chi connectivity index (χ3n) is 3.76. The number of aryl methyl sites for hydroxylation is 1. The number of Topliss-reactive ketones (excluding diaryl/α,β-unsaturated/α-hetero) is 1. The molecule has 0 spiro atoms. The van der Waals surface area contributed by atoms with Gasteiger partial charge in [0.1, 0.15) is 5.41 Å². The highest BCUT2D eigenvalue weighted by Gasteiger charge is 2.56. The van der Waals surface area contributed by atoms with Gasteiger partial charge in [-0.1, -0.05) is 6.07 Å². The predicted molar refractivity (Wildman–Crippen MR) is 69.1 cm³/mol. The van der Waals surface area contributed by atoms with Crippen LogP contribution in [-0.2, 0) is 11.2 Å². The van der Waals surface area contributed by atoms with Crippen molar-refractivity contribution in [2.24, 2.45) is 5.41 Å². The Morgan fingerprint density at radius 1 is 1.28 bits per heavy atom. The molecule has 2 aliphatic rings. The fraction of sp³-hybridized carbons (Fsp3) is 0.429. The van der Waals surface area contributed by atoms with Crippen LogP contribution in [0.15, 0.2) is 23.1 Å². The Kier molecular flexibility index (Phi) is 2.70. The highest BCUT2D eigenvalue weighted by Crippen LogP contribution is 2.48. The standard InChI is InChI=1S/C14H14O3S/c15-12(14(5-6-14)13(16)17)10-3-4-11-9(8-10)2-1-7-18-11/h3-4,8H,1-2,5-7H2,(H,16,17). The predicted octanol–water partition coefficient (Wildman–Crippen LogP) is 2.77. The molecular formula is C14H14O3S. The molecule has 1 heterocycles. The number of aliphatic carboxylic acids is 1. The summed E-state index contributed by atoms with van der Waals surface area (Å²) in [6, 6.07) is 5.64. The first-order valence-electron chi connectivity index (χ1n) is 6.17. The van der Waals surface area contributed by atoms with Crippen molar-refractivity contribution < 1.29 is 14.7 Å². The van der Waals surface area contributed by atoms with Crippen LogP contribution >= 0.6 is 11.8 Å². The number of hydrogen-bond donors (Lipinski definition) is 1. The summed E-state index contributed by atoms with van der Waals surface area (Å²) < 4.78 is 0. The second-order valence-electron chi connectivity index (χ2n) is 4.99. The van der Waals surface area contributed by atoms with E-state index in [0.29, 0.717) is 18.4 Å². The van der Waals surface area contributed by atoms with Crippen LogP contribution in [0.3, 0.4) is 0 Å². The lowest BCUT2D eigenvalue weighted by Gasteiger charge is -2.16. The van der Waals surface area contributed by atoms with Crippen molar-refractivity contribution in [2.45, 2.75) is 30.6 Å². The molecule has 1 aromatic rings. The van der Waals surface area contributed by atoms with Gasteiger partial charge in [-0.3, -0.25) is 9.59 Å². The molecule has 1 saturated carbocycles. The topological polar surface area (TPSA) is 54.4 Å². The molecule has 1 aliphatic carbocycles. The first-order chi connectivity index (χ1) is 8.63. The van der Waals surface area contributed by atoms with Crippen LogP contribution in [0.5, 0.6) is 0 Å². The highest BCUT2D eigenvalue weighted by molar-refractivity contribution is 7.99. The van der Waals surface area contributed by atoms with Crippen molar-refractivity contribution in [2.75, 3.05) is 5.75 Å². The Hall–Kier alpha value is -1.29. The minimum Gasteiger partial charge on any atom is -0.480 e. The molecule has 3 nitrogen and oxygen atoms in total. The van der Waals surface area contributed by atoms with Gasteiger partial charge in [0.05, 0.1) is 0 Å². The number of benzene rings is 1. The lowest BCUT2D eigenvalue weighted by molar-refractivity contribution is -0.141. The molecular weight excluding hydrogens is 248 g/mol. The second kappa shape index (κ2) is 4.12. The summed E-state index contributed by atoms with van der Waals surface area (Å²) in [5.41, 5.74) is 0.644. The summed E-state index contributed by atoms with van der Waals surface area (Å²) >= 11 is 1.81. The Balaban J connectivity index is 1.93. The molecule has 1 aromatic carbocycles. The van der Waals surface area contributed by atoms with E-state index < -0.39 is 11.4 Å². The second-order valence-corrected chi connectivity index (χ2v) is 6.13. The molecule has 0 radical (unpaired) electrons. The highest BCUT2D eigenvalue weighted by atomic mass is 32.2. The van der Waals surface area contributed by atoms with Gasteiger partial charge in [-0.2, -0.15) is 0 Å². The molecule has 1 aliphatic heterocycles. The van der Waals surface area contributed by atoms with Crippen molar-refractivity contribution in [3.63, 3.8) is 0 Å². The molecule has 3 rings (SSSR count). The molecule has 4 heteroatoms. The van der Waals surface area contributed by atoms with E-state index >= 15 is 0 Å². The Bertz CT molecular complexity index is 532. The van der Waals surface area contributed by atoms with E-state index in [1.54, 1.807) is 6.07 Å². The SMILES string of the molecule is O=C(O)C1(C(=O)c2ccc3c(c2)CCCS3)CC1. The van der Waals surface area contributed by atoms with Crippen LogP contribution in [0.1, 0.15) is 35.2 Å². The van der Waals surface area contributed by atoms with Crippen LogP contribution in [-0.4, -0.2) is 22.6 Å². The summed E-state index contributed by atoms with van der Waals surface area (Å²) in [6.07, 6.45) is 3.07. The summed E-state index contributed by atoms with van der Waals surface area (Å²) in [5.74, 6) is -0.0627. The van der Waals surface area contributed by atoms with Gasteiger partial charge in [-0.05, 0) is 49.1 Å². The Morgan fingerprint density at radius 3 is 2.72 bits per heavy atom. The molecule has 1 N–H and O–H groups in total. The number of carbonyl (C=O) groups is 2. The van der Waals surface area contributed by atoms with Gasteiger partial charge in [0.25, 0.3) is 0 Å². The van der Waals surface area contributed by atoms with E-state index in [2.05, 4.69) is 0 Å². The molecule has 18 heavy (non-hydrogen) atoms. The fourth-order valence-electron chi connectivity index (χ4n) is 2.44. The molecule has 1 fully saturated rings. The minimum absolute atomic E-state index is 0.214. The lowest BCUT2D eigenvalue weighted by Crippen LogP contribution is -2.25. The molecule has 0 aromatic heterocycles. The van der Waals surface area contributed by atoms with E-state index in [1.165, 1.54) is 10.5 Å². The Morgan fingerprint density at radius 2 is 2.06 bits per heavy atom. The summed E-state index contributed by atoms with van der Waals surface area (Å²) in [5, 5.41) is 9.15. The van der Waals surface area contributed by atoms with Gasteiger partial charge in [-0.25, -0.2) is 0 Å². The van der Waals surface area contributed by atoms with E-state index in [1.807, 2.05) is 23.9 Å². The number of ketones is 1. The van der Waals surface area contributed by atoms with E-state index in [9.17, 15) is 9.59 Å². The Labute approximate surface area is 110 Å². The number of thioether (sulfide) groups is 1. The summed E-state index contributed by atoms with van der Waals surface area (Å²) in [6.45, 7) is 0. The van der Waals surface area contributed by atoms with E-state index in [0.717, 1.165) is 18.6 Å². The van der Waals surface area contributed by atoms with Gasteiger partial charge in [0.15, 0.2) is 5.78 Å². The third kappa shape index (κ3) is 1.75. The van der Waals surface area contributed by atoms with Crippen molar-refractivity contribution in [3.8, 4) is 0 Å². The van der Waals surface area contributed by atoms with Crippen molar-refractivity contribution in [1.82, 2.24) is 0 Å². The number of carboxylic acid groups (broad SMARTS) is 1. The molecule has 0 bridgehead atoms. The van der Waals surface area contributed by atoms with Gasteiger partial charge >= 0.3 is 5.97 Å². The summed E-state index contributed by atoms with van der Waals surface area (Å²) in [7, 11) is 0. The van der Waals surface area contributed by atoms with Crippen molar-refractivity contribution in [1.29, 1.82) is 0 Å². The van der Waals surface area contributed by atoms with E-state index in [-0.39, 0.29) is 5.78 Å². The van der Waals surface area contributed by atoms with Gasteiger partial charge < -0.3 is 5.11 Å². The van der Waals surface area contributed by atoms with Crippen LogP contribution in [0.4, 0.5) is 0 Å². The van der Waals surface area contributed by atoms with Crippen LogP contribution in [0.2, 0.25) is 0 Å². The molecule has 94 valence electrons. The number of rotatable bonds is 3. The maximum atomic E-state index is 12.3. The minimum atomic E-state index is -1.12. The average molecular weight is 262 g/mol. The van der Waals surface area contributed by atoms with Gasteiger partial charge in [-0.15, -0.1) is 11.8 Å². The molecule has 0 unspecified atom stereocenters. The van der Waals surface area contributed by atoms with Crippen molar-refractivity contribution in [3.05, 3.63) is 29.3 Å². The van der Waals surface area contributed by atoms with Gasteiger partial charge in [0.2, 0.25) is 0 Å². The lowest BCUT2D eigenvalue weighted by atomic mass is 9.93. The number of fused-ring (bicyclic) bond motifs is 1. The smallest absolute Gasteiger partial charge is 0.317 e. The maximum Gasteiger partial charge on any atom is 0.317 e. The first-order valence-corrected chi connectivity index (χ1v) is 7.16. The molecule has 0 amide bonds. The number of carboxylic acids is 1. The zero-order valence-corrected chi connectivity index (χ0v) is 10.8. The van der Waals surface area contributed by atoms with Crippen LogP contribution in [0, 0.1) is 5.41 Å². The average Bonchev–Trinajstić information content (AvgIpc) is 3.19. The number of carbonyl (C=O) groups excluding carboxylic acids is 1. The van der Waals surface area contributed by atoms with E-state index in [4.69, 9.17) is 5.11 Å².